The number of benzene rings is 1. The molecule has 1 aliphatic heterocycles. The van der Waals surface area contributed by atoms with Crippen molar-refractivity contribution in [3.05, 3.63) is 23.8 Å². The molecule has 1 saturated heterocycles. The number of hydrogen-bond donors (Lipinski definition) is 0. The zero-order valence-corrected chi connectivity index (χ0v) is 13.8. The Labute approximate surface area is 132 Å². The summed E-state index contributed by atoms with van der Waals surface area (Å²) in [6.07, 6.45) is -0.171. The lowest BCUT2D eigenvalue weighted by molar-refractivity contribution is -0.0573. The first-order chi connectivity index (χ1) is 10.6. The van der Waals surface area contributed by atoms with Gasteiger partial charge in [0, 0.05) is 12.2 Å². The van der Waals surface area contributed by atoms with Gasteiger partial charge in [-0.05, 0) is 39.8 Å². The Morgan fingerprint density at radius 1 is 1.18 bits per heavy atom. The molecule has 5 nitrogen and oxygen atoms in total. The van der Waals surface area contributed by atoms with E-state index < -0.39 is 0 Å². The first kappa shape index (κ1) is 17.1. The summed E-state index contributed by atoms with van der Waals surface area (Å²) in [5.41, 5.74) is 0.943. The van der Waals surface area contributed by atoms with Crippen molar-refractivity contribution < 1.29 is 23.7 Å². The summed E-state index contributed by atoms with van der Waals surface area (Å²) >= 11 is 0. The number of ether oxygens (including phenoxy) is 5. The van der Waals surface area contributed by atoms with Crippen LogP contribution in [0.25, 0.3) is 0 Å². The topological polar surface area (TPSA) is 46.2 Å². The molecular weight excluding hydrogens is 284 g/mol. The minimum atomic E-state index is -0.328. The van der Waals surface area contributed by atoms with E-state index in [1.807, 2.05) is 45.9 Å². The van der Waals surface area contributed by atoms with Crippen molar-refractivity contribution in [1.29, 1.82) is 0 Å². The summed E-state index contributed by atoms with van der Waals surface area (Å²) in [5, 5.41) is 0. The van der Waals surface area contributed by atoms with Crippen LogP contribution in [0.1, 0.15) is 39.5 Å². The zero-order chi connectivity index (χ0) is 15.9. The molecule has 0 amide bonds. The van der Waals surface area contributed by atoms with Crippen molar-refractivity contribution >= 4 is 0 Å². The largest absolute Gasteiger partial charge is 0.490 e. The Bertz CT molecular complexity index is 462. The standard InChI is InChI=1S/C17H26O5/c1-5-18-12(3)10-20-15-8-7-14(9-16(15)19-6-2)17-21-11-13(4)22-17/h7-9,12-13,17H,5-6,10-11H2,1-4H3. The first-order valence-electron chi connectivity index (χ1n) is 7.92. The average molecular weight is 310 g/mol. The molecule has 0 aliphatic carbocycles. The molecule has 0 saturated carbocycles. The molecule has 1 fully saturated rings. The third-order valence-corrected chi connectivity index (χ3v) is 3.30. The van der Waals surface area contributed by atoms with E-state index >= 15 is 0 Å². The van der Waals surface area contributed by atoms with Gasteiger partial charge in [-0.3, -0.25) is 0 Å². The van der Waals surface area contributed by atoms with Crippen LogP contribution in [-0.4, -0.2) is 38.6 Å². The van der Waals surface area contributed by atoms with E-state index in [-0.39, 0.29) is 18.5 Å². The molecule has 22 heavy (non-hydrogen) atoms. The van der Waals surface area contributed by atoms with Crippen LogP contribution in [0.5, 0.6) is 11.5 Å². The highest BCUT2D eigenvalue weighted by Gasteiger charge is 2.25. The molecular formula is C17H26O5. The molecule has 1 aromatic carbocycles. The van der Waals surface area contributed by atoms with Gasteiger partial charge in [0.2, 0.25) is 0 Å². The normalized spacial score (nSPS) is 22.5. The van der Waals surface area contributed by atoms with Gasteiger partial charge < -0.3 is 23.7 Å². The van der Waals surface area contributed by atoms with Crippen LogP contribution in [0.3, 0.4) is 0 Å². The van der Waals surface area contributed by atoms with Crippen molar-refractivity contribution in [3.63, 3.8) is 0 Å². The van der Waals surface area contributed by atoms with E-state index in [1.54, 1.807) is 0 Å². The molecule has 3 unspecified atom stereocenters. The van der Waals surface area contributed by atoms with Crippen LogP contribution in [0.2, 0.25) is 0 Å². The SMILES string of the molecule is CCOc1cc(C2OCC(C)O2)ccc1OCC(C)OCC. The van der Waals surface area contributed by atoms with Gasteiger partial charge in [-0.2, -0.15) is 0 Å². The Morgan fingerprint density at radius 3 is 2.64 bits per heavy atom. The van der Waals surface area contributed by atoms with Crippen LogP contribution in [0.4, 0.5) is 0 Å². The summed E-state index contributed by atoms with van der Waals surface area (Å²) in [4.78, 5) is 0. The second kappa shape index (κ2) is 8.36. The van der Waals surface area contributed by atoms with Crippen LogP contribution >= 0.6 is 0 Å². The van der Waals surface area contributed by atoms with E-state index in [0.717, 1.165) is 5.56 Å². The average Bonchev–Trinajstić information content (AvgIpc) is 2.93. The lowest BCUT2D eigenvalue weighted by atomic mass is 10.2. The molecule has 0 spiro atoms. The van der Waals surface area contributed by atoms with E-state index in [1.165, 1.54) is 0 Å². The van der Waals surface area contributed by atoms with Crippen molar-refractivity contribution in [2.75, 3.05) is 26.4 Å². The molecule has 124 valence electrons. The molecule has 1 aromatic rings. The predicted molar refractivity (Wildman–Crippen MR) is 83.4 cm³/mol. The highest BCUT2D eigenvalue weighted by molar-refractivity contribution is 5.43. The lowest BCUT2D eigenvalue weighted by Crippen LogP contribution is -2.18. The Balaban J connectivity index is 2.06. The molecule has 3 atom stereocenters. The fourth-order valence-corrected chi connectivity index (χ4v) is 2.29. The van der Waals surface area contributed by atoms with E-state index in [9.17, 15) is 0 Å². The summed E-state index contributed by atoms with van der Waals surface area (Å²) in [6.45, 7) is 10.2. The fourth-order valence-electron chi connectivity index (χ4n) is 2.29. The maximum absolute atomic E-state index is 5.81. The van der Waals surface area contributed by atoms with Crippen molar-refractivity contribution in [2.24, 2.45) is 0 Å². The molecule has 1 aliphatic rings. The van der Waals surface area contributed by atoms with Crippen molar-refractivity contribution in [1.82, 2.24) is 0 Å². The zero-order valence-electron chi connectivity index (χ0n) is 13.8. The van der Waals surface area contributed by atoms with Crippen molar-refractivity contribution in [2.45, 2.75) is 46.2 Å². The minimum Gasteiger partial charge on any atom is -0.490 e. The Hall–Kier alpha value is -1.30. The highest BCUT2D eigenvalue weighted by Crippen LogP contribution is 2.34. The third kappa shape index (κ3) is 4.60. The number of rotatable bonds is 8. The van der Waals surface area contributed by atoms with Crippen LogP contribution < -0.4 is 9.47 Å². The molecule has 0 radical (unpaired) electrons. The monoisotopic (exact) mass is 310 g/mol. The van der Waals surface area contributed by atoms with E-state index in [0.29, 0.717) is 37.9 Å². The highest BCUT2D eigenvalue weighted by atomic mass is 16.7. The third-order valence-electron chi connectivity index (χ3n) is 3.30. The Kier molecular flexibility index (Phi) is 6.49. The molecule has 1 heterocycles. The van der Waals surface area contributed by atoms with Gasteiger partial charge in [0.25, 0.3) is 0 Å². The summed E-state index contributed by atoms with van der Waals surface area (Å²) in [5.74, 6) is 1.42. The second-order valence-corrected chi connectivity index (χ2v) is 5.33. The molecule has 0 aromatic heterocycles. The van der Waals surface area contributed by atoms with Gasteiger partial charge in [-0.25, -0.2) is 0 Å². The Morgan fingerprint density at radius 2 is 2.00 bits per heavy atom. The molecule has 0 bridgehead atoms. The first-order valence-corrected chi connectivity index (χ1v) is 7.92. The van der Waals surface area contributed by atoms with E-state index in [4.69, 9.17) is 23.7 Å². The maximum atomic E-state index is 5.81. The van der Waals surface area contributed by atoms with Crippen LogP contribution in [0, 0.1) is 0 Å². The van der Waals surface area contributed by atoms with Gasteiger partial charge >= 0.3 is 0 Å². The van der Waals surface area contributed by atoms with Gasteiger partial charge in [0.05, 0.1) is 25.4 Å². The van der Waals surface area contributed by atoms with Gasteiger partial charge in [-0.15, -0.1) is 0 Å². The van der Waals surface area contributed by atoms with Crippen LogP contribution in [-0.2, 0) is 14.2 Å². The molecule has 2 rings (SSSR count). The summed E-state index contributed by atoms with van der Waals surface area (Å²) in [6, 6.07) is 5.77. The van der Waals surface area contributed by atoms with Gasteiger partial charge in [0.1, 0.15) is 6.61 Å². The predicted octanol–water partition coefficient (Wildman–Crippen LogP) is 3.32. The van der Waals surface area contributed by atoms with Crippen LogP contribution in [0.15, 0.2) is 18.2 Å². The quantitative estimate of drug-likeness (QED) is 0.737. The van der Waals surface area contributed by atoms with E-state index in [2.05, 4.69) is 0 Å². The smallest absolute Gasteiger partial charge is 0.184 e. The fraction of sp³-hybridized carbons (Fsp3) is 0.647. The molecule has 0 N–H and O–H groups in total. The minimum absolute atomic E-state index is 0.0431. The molecule has 5 heteroatoms. The summed E-state index contributed by atoms with van der Waals surface area (Å²) in [7, 11) is 0. The van der Waals surface area contributed by atoms with Gasteiger partial charge in [-0.1, -0.05) is 6.07 Å². The lowest BCUT2D eigenvalue weighted by Gasteiger charge is -2.17. The van der Waals surface area contributed by atoms with Crippen molar-refractivity contribution in [3.8, 4) is 11.5 Å². The summed E-state index contributed by atoms with van der Waals surface area (Å²) < 4.78 is 28.3. The maximum Gasteiger partial charge on any atom is 0.184 e. The number of hydrogen-bond acceptors (Lipinski definition) is 5. The second-order valence-electron chi connectivity index (χ2n) is 5.33. The van der Waals surface area contributed by atoms with Gasteiger partial charge in [0.15, 0.2) is 17.8 Å².